The maximum absolute atomic E-state index is 15.7. The number of ether oxygens (including phenoxy) is 1. The van der Waals surface area contributed by atoms with Crippen molar-refractivity contribution in [1.82, 2.24) is 10.3 Å². The molecule has 0 aliphatic heterocycles. The smallest absolute Gasteiger partial charge is 0.262 e. The molecule has 1 heterocycles. The number of amides is 1. The molecule has 0 saturated heterocycles. The van der Waals surface area contributed by atoms with Crippen LogP contribution in [0.15, 0.2) is 37.0 Å². The molecule has 2 aromatic rings. The minimum absolute atomic E-state index is 0.0235. The summed E-state index contributed by atoms with van der Waals surface area (Å²) in [6.45, 7) is 4.26. The van der Waals surface area contributed by atoms with Crippen LogP contribution in [0.5, 0.6) is 0 Å². The lowest BCUT2D eigenvalue weighted by atomic mass is 9.80. The fourth-order valence-electron chi connectivity index (χ4n) is 3.27. The average molecular weight is 409 g/mol. The van der Waals surface area contributed by atoms with Gasteiger partial charge in [0.1, 0.15) is 0 Å². The molecule has 0 saturated carbocycles. The summed E-state index contributed by atoms with van der Waals surface area (Å²) in [5.41, 5.74) is 0.651. The van der Waals surface area contributed by atoms with Crippen molar-refractivity contribution in [1.29, 1.82) is 0 Å². The maximum atomic E-state index is 15.7. The van der Waals surface area contributed by atoms with Crippen LogP contribution in [0.2, 0.25) is 10.0 Å². The number of carbonyl (C=O) groups is 1. The first-order valence-corrected chi connectivity index (χ1v) is 9.19. The van der Waals surface area contributed by atoms with Gasteiger partial charge >= 0.3 is 0 Å². The zero-order chi connectivity index (χ0) is 19.6. The molecule has 0 radical (unpaired) electrons. The van der Waals surface area contributed by atoms with Gasteiger partial charge in [-0.15, -0.1) is 0 Å². The predicted molar refractivity (Wildman–Crippen MR) is 104 cm³/mol. The highest BCUT2D eigenvalue weighted by Crippen LogP contribution is 2.42. The molecule has 142 valence electrons. The van der Waals surface area contributed by atoms with Crippen molar-refractivity contribution in [2.24, 2.45) is 0 Å². The molecule has 1 N–H and O–H groups in total. The molecule has 1 atom stereocenters. The van der Waals surface area contributed by atoms with Crippen molar-refractivity contribution in [2.75, 3.05) is 7.11 Å². The fourth-order valence-corrected chi connectivity index (χ4v) is 3.87. The maximum Gasteiger partial charge on any atom is 0.262 e. The van der Waals surface area contributed by atoms with E-state index in [-0.39, 0.29) is 25.1 Å². The van der Waals surface area contributed by atoms with Gasteiger partial charge in [-0.25, -0.2) is 4.39 Å². The van der Waals surface area contributed by atoms with Gasteiger partial charge in [0, 0.05) is 35.5 Å². The van der Waals surface area contributed by atoms with Crippen LogP contribution in [0.1, 0.15) is 35.2 Å². The first-order chi connectivity index (χ1) is 12.9. The number of methoxy groups -OCH3 is 1. The first kappa shape index (κ1) is 19.8. The summed E-state index contributed by atoms with van der Waals surface area (Å²) in [4.78, 5) is 17.0. The molecule has 1 aliphatic rings. The summed E-state index contributed by atoms with van der Waals surface area (Å²) in [6, 6.07) is 6.50. The van der Waals surface area contributed by atoms with E-state index < -0.39 is 11.6 Å². The molecule has 0 fully saturated rings. The number of nitrogens with one attached hydrogen (secondary N) is 1. The third kappa shape index (κ3) is 3.86. The number of hydrogen-bond donors (Lipinski definition) is 1. The Kier molecular flexibility index (Phi) is 5.84. The van der Waals surface area contributed by atoms with Crippen LogP contribution < -0.4 is 5.32 Å². The number of aromatic nitrogens is 1. The number of halogens is 3. The van der Waals surface area contributed by atoms with E-state index in [2.05, 4.69) is 16.9 Å². The SMILES string of the molecule is C=C1CCC(F)(C(=O)NCc2c(Cl)cc(Cl)cc2COC)c2cccnc21. The van der Waals surface area contributed by atoms with Gasteiger partial charge < -0.3 is 10.1 Å². The third-order valence-electron chi connectivity index (χ3n) is 4.68. The summed E-state index contributed by atoms with van der Waals surface area (Å²) < 4.78 is 20.8. The van der Waals surface area contributed by atoms with E-state index in [1.54, 1.807) is 37.6 Å². The van der Waals surface area contributed by atoms with E-state index in [1.807, 2.05) is 0 Å². The monoisotopic (exact) mass is 408 g/mol. The Bertz CT molecular complexity index is 904. The van der Waals surface area contributed by atoms with Gasteiger partial charge in [-0.3, -0.25) is 9.78 Å². The molecule has 7 heteroatoms. The highest BCUT2D eigenvalue weighted by atomic mass is 35.5. The van der Waals surface area contributed by atoms with Crippen LogP contribution >= 0.6 is 23.2 Å². The highest BCUT2D eigenvalue weighted by Gasteiger charge is 2.45. The van der Waals surface area contributed by atoms with E-state index >= 15 is 4.39 Å². The van der Waals surface area contributed by atoms with Gasteiger partial charge in [-0.05, 0) is 47.7 Å². The fraction of sp³-hybridized carbons (Fsp3) is 0.300. The van der Waals surface area contributed by atoms with E-state index in [1.165, 1.54) is 0 Å². The molecule has 0 bridgehead atoms. The lowest BCUT2D eigenvalue weighted by Crippen LogP contribution is -2.43. The Morgan fingerprint density at radius 3 is 2.96 bits per heavy atom. The standard InChI is InChI=1S/C20H19Cl2FN2O2/c1-12-5-6-20(23,16-4-3-7-24-18(12)16)19(26)25-10-15-13(11-27-2)8-14(21)9-17(15)22/h3-4,7-9H,1,5-6,10-11H2,2H3,(H,25,26). The summed E-state index contributed by atoms with van der Waals surface area (Å²) in [5, 5.41) is 3.53. The quantitative estimate of drug-likeness (QED) is 0.770. The van der Waals surface area contributed by atoms with Gasteiger partial charge in [0.15, 0.2) is 0 Å². The minimum Gasteiger partial charge on any atom is -0.380 e. The number of rotatable bonds is 5. The van der Waals surface area contributed by atoms with Crippen molar-refractivity contribution in [3.63, 3.8) is 0 Å². The topological polar surface area (TPSA) is 51.2 Å². The Hall–Kier alpha value is -1.95. The van der Waals surface area contributed by atoms with Crippen molar-refractivity contribution in [3.05, 3.63) is 69.5 Å². The Morgan fingerprint density at radius 1 is 1.44 bits per heavy atom. The number of pyridine rings is 1. The predicted octanol–water partition coefficient (Wildman–Crippen LogP) is 4.82. The van der Waals surface area contributed by atoms with E-state index in [0.29, 0.717) is 27.7 Å². The first-order valence-electron chi connectivity index (χ1n) is 8.43. The van der Waals surface area contributed by atoms with E-state index in [9.17, 15) is 4.79 Å². The van der Waals surface area contributed by atoms with Gasteiger partial charge in [-0.2, -0.15) is 0 Å². The van der Waals surface area contributed by atoms with Crippen molar-refractivity contribution in [2.45, 2.75) is 31.7 Å². The van der Waals surface area contributed by atoms with Gasteiger partial charge in [0.05, 0.1) is 12.3 Å². The molecule has 1 amide bonds. The van der Waals surface area contributed by atoms with Crippen molar-refractivity contribution in [3.8, 4) is 0 Å². The van der Waals surface area contributed by atoms with Crippen molar-refractivity contribution < 1.29 is 13.9 Å². The van der Waals surface area contributed by atoms with Crippen LogP contribution in [0.25, 0.3) is 5.57 Å². The number of hydrogen-bond acceptors (Lipinski definition) is 3. The molecule has 4 nitrogen and oxygen atoms in total. The zero-order valence-corrected chi connectivity index (χ0v) is 16.3. The summed E-state index contributed by atoms with van der Waals surface area (Å²) in [6.07, 6.45) is 1.96. The number of benzene rings is 1. The van der Waals surface area contributed by atoms with Gasteiger partial charge in [-0.1, -0.05) is 35.8 Å². The zero-order valence-electron chi connectivity index (χ0n) is 14.8. The average Bonchev–Trinajstić information content (AvgIpc) is 2.64. The molecular formula is C20H19Cl2FN2O2. The van der Waals surface area contributed by atoms with E-state index in [4.69, 9.17) is 27.9 Å². The summed E-state index contributed by atoms with van der Waals surface area (Å²) in [7, 11) is 1.55. The number of nitrogens with zero attached hydrogens (tertiary/aromatic N) is 1. The number of allylic oxidation sites excluding steroid dienone is 1. The summed E-state index contributed by atoms with van der Waals surface area (Å²) >= 11 is 12.3. The Balaban J connectivity index is 1.85. The van der Waals surface area contributed by atoms with Gasteiger partial charge in [0.25, 0.3) is 5.91 Å². The van der Waals surface area contributed by atoms with Crippen LogP contribution in [0.4, 0.5) is 4.39 Å². The molecular weight excluding hydrogens is 390 g/mol. The van der Waals surface area contributed by atoms with Crippen molar-refractivity contribution >= 4 is 34.7 Å². The minimum atomic E-state index is -2.16. The van der Waals surface area contributed by atoms with Crippen LogP contribution in [-0.4, -0.2) is 18.0 Å². The molecule has 3 rings (SSSR count). The second-order valence-electron chi connectivity index (χ2n) is 6.45. The lowest BCUT2D eigenvalue weighted by molar-refractivity contribution is -0.134. The molecule has 27 heavy (non-hydrogen) atoms. The number of fused-ring (bicyclic) bond motifs is 1. The molecule has 1 aromatic carbocycles. The Morgan fingerprint density at radius 2 is 2.22 bits per heavy atom. The second kappa shape index (κ2) is 7.97. The summed E-state index contributed by atoms with van der Waals surface area (Å²) in [5.74, 6) is -0.723. The lowest BCUT2D eigenvalue weighted by Gasteiger charge is -2.31. The largest absolute Gasteiger partial charge is 0.380 e. The molecule has 1 aliphatic carbocycles. The second-order valence-corrected chi connectivity index (χ2v) is 7.29. The van der Waals surface area contributed by atoms with Crippen LogP contribution in [-0.2, 0) is 28.4 Å². The molecule has 0 spiro atoms. The molecule has 1 unspecified atom stereocenters. The molecule has 1 aromatic heterocycles. The van der Waals surface area contributed by atoms with Crippen LogP contribution in [0.3, 0.4) is 0 Å². The number of carbonyl (C=O) groups excluding carboxylic acids is 1. The normalized spacial score (nSPS) is 18.9. The Labute approximate surface area is 167 Å². The van der Waals surface area contributed by atoms with E-state index in [0.717, 1.165) is 11.1 Å². The van der Waals surface area contributed by atoms with Crippen LogP contribution in [0, 0.1) is 0 Å². The third-order valence-corrected chi connectivity index (χ3v) is 5.23. The van der Waals surface area contributed by atoms with Gasteiger partial charge in [0.2, 0.25) is 5.67 Å². The highest BCUT2D eigenvalue weighted by molar-refractivity contribution is 6.35. The number of alkyl halides is 1.